The molecule has 3 unspecified atom stereocenters. The van der Waals surface area contributed by atoms with Crippen LogP contribution in [0.15, 0.2) is 23.8 Å². The predicted octanol–water partition coefficient (Wildman–Crippen LogP) is 3.01. The average molecular weight is 206 g/mol. The maximum Gasteiger partial charge on any atom is 0.330 e. The van der Waals surface area contributed by atoms with Gasteiger partial charge in [0.05, 0.1) is 0 Å². The molecule has 0 saturated heterocycles. The van der Waals surface area contributed by atoms with Crippen molar-refractivity contribution in [1.29, 1.82) is 0 Å². The number of carbonyl (C=O) groups is 1. The smallest absolute Gasteiger partial charge is 0.330 e. The second kappa shape index (κ2) is 3.84. The lowest BCUT2D eigenvalue weighted by Gasteiger charge is -2.23. The molecule has 0 spiro atoms. The number of hydrogen-bond donors (Lipinski definition) is 1. The molecule has 1 N–H and O–H groups in total. The fraction of sp³-hybridized carbons (Fsp3) is 0.615. The highest BCUT2D eigenvalue weighted by Gasteiger charge is 2.40. The van der Waals surface area contributed by atoms with E-state index in [1.807, 2.05) is 0 Å². The molecule has 0 amide bonds. The molecule has 0 heterocycles. The van der Waals surface area contributed by atoms with Crippen molar-refractivity contribution in [2.45, 2.75) is 32.6 Å². The average Bonchev–Trinajstić information content (AvgIpc) is 2.75. The van der Waals surface area contributed by atoms with Gasteiger partial charge in [0.15, 0.2) is 0 Å². The van der Waals surface area contributed by atoms with Crippen molar-refractivity contribution in [2.24, 2.45) is 17.8 Å². The third kappa shape index (κ3) is 1.85. The summed E-state index contributed by atoms with van der Waals surface area (Å²) in [6.07, 6.45) is 6.62. The summed E-state index contributed by atoms with van der Waals surface area (Å²) in [5.74, 6) is 1.07. The summed E-state index contributed by atoms with van der Waals surface area (Å²) in [4.78, 5) is 10.7. The summed E-state index contributed by atoms with van der Waals surface area (Å²) in [7, 11) is 0. The summed E-state index contributed by atoms with van der Waals surface area (Å²) in [5, 5.41) is 8.82. The first kappa shape index (κ1) is 10.5. The molecule has 2 bridgehead atoms. The van der Waals surface area contributed by atoms with Crippen molar-refractivity contribution in [3.8, 4) is 0 Å². The van der Waals surface area contributed by atoms with E-state index in [0.29, 0.717) is 23.8 Å². The molecule has 0 aromatic heterocycles. The quantitative estimate of drug-likeness (QED) is 0.567. The Hall–Kier alpha value is -1.05. The largest absolute Gasteiger partial charge is 0.478 e. The number of hydrogen-bond acceptors (Lipinski definition) is 1. The molecule has 3 atom stereocenters. The van der Waals surface area contributed by atoms with Crippen molar-refractivity contribution in [1.82, 2.24) is 0 Å². The molecule has 15 heavy (non-hydrogen) atoms. The van der Waals surface area contributed by atoms with Crippen LogP contribution in [0, 0.1) is 17.8 Å². The molecule has 1 saturated carbocycles. The van der Waals surface area contributed by atoms with Gasteiger partial charge in [0.25, 0.3) is 0 Å². The van der Waals surface area contributed by atoms with Gasteiger partial charge in [-0.3, -0.25) is 0 Å². The lowest BCUT2D eigenvalue weighted by atomic mass is 9.82. The SMILES string of the molecule is C=C(CC1CC2C=C(CC)C1C2)C(=O)O. The zero-order valence-corrected chi connectivity index (χ0v) is 9.20. The fourth-order valence-corrected chi connectivity index (χ4v) is 3.19. The molecule has 82 valence electrons. The number of fused-ring (bicyclic) bond motifs is 2. The molecule has 2 aliphatic rings. The van der Waals surface area contributed by atoms with Crippen LogP contribution >= 0.6 is 0 Å². The third-order valence-electron chi connectivity index (χ3n) is 3.88. The van der Waals surface area contributed by atoms with Crippen LogP contribution in [-0.4, -0.2) is 11.1 Å². The Balaban J connectivity index is 2.00. The first-order valence-corrected chi connectivity index (χ1v) is 5.73. The normalized spacial score (nSPS) is 32.9. The second-order valence-electron chi connectivity index (χ2n) is 4.81. The Kier molecular flexibility index (Phi) is 2.68. The first-order valence-electron chi connectivity index (χ1n) is 5.73. The van der Waals surface area contributed by atoms with Crippen molar-refractivity contribution in [3.05, 3.63) is 23.8 Å². The summed E-state index contributed by atoms with van der Waals surface area (Å²) in [6, 6.07) is 0. The number of carboxylic acid groups (broad SMARTS) is 1. The van der Waals surface area contributed by atoms with Gasteiger partial charge in [-0.05, 0) is 43.4 Å². The number of aliphatic carboxylic acids is 1. The minimum Gasteiger partial charge on any atom is -0.478 e. The Labute approximate surface area is 90.7 Å². The van der Waals surface area contributed by atoms with E-state index in [1.54, 1.807) is 5.57 Å². The van der Waals surface area contributed by atoms with Crippen molar-refractivity contribution >= 4 is 5.97 Å². The summed E-state index contributed by atoms with van der Waals surface area (Å²) < 4.78 is 0. The van der Waals surface area contributed by atoms with Gasteiger partial charge in [0.2, 0.25) is 0 Å². The van der Waals surface area contributed by atoms with Crippen molar-refractivity contribution in [2.75, 3.05) is 0 Å². The lowest BCUT2D eigenvalue weighted by molar-refractivity contribution is -0.132. The zero-order chi connectivity index (χ0) is 11.0. The van der Waals surface area contributed by atoms with E-state index in [0.717, 1.165) is 12.3 Å². The molecule has 0 aromatic carbocycles. The molecule has 2 heteroatoms. The molecule has 0 radical (unpaired) electrons. The third-order valence-corrected chi connectivity index (χ3v) is 3.88. The Morgan fingerprint density at radius 1 is 1.60 bits per heavy atom. The van der Waals surface area contributed by atoms with Gasteiger partial charge < -0.3 is 5.11 Å². The molecule has 2 rings (SSSR count). The van der Waals surface area contributed by atoms with Gasteiger partial charge in [-0.25, -0.2) is 4.79 Å². The van der Waals surface area contributed by atoms with E-state index in [1.165, 1.54) is 12.8 Å². The minimum atomic E-state index is -0.834. The van der Waals surface area contributed by atoms with Gasteiger partial charge in [0.1, 0.15) is 0 Å². The molecule has 2 aliphatic carbocycles. The first-order chi connectivity index (χ1) is 7.11. The standard InChI is InChI=1S/C13H18O2/c1-3-10-5-9-6-11(12(10)7-9)4-8(2)13(14)15/h5,9,11-12H,2-4,6-7H2,1H3,(H,14,15). The minimum absolute atomic E-state index is 0.378. The van der Waals surface area contributed by atoms with Gasteiger partial charge >= 0.3 is 5.97 Å². The topological polar surface area (TPSA) is 37.3 Å². The van der Waals surface area contributed by atoms with Crippen molar-refractivity contribution in [3.63, 3.8) is 0 Å². The van der Waals surface area contributed by atoms with Gasteiger partial charge in [-0.15, -0.1) is 0 Å². The molecular formula is C13H18O2. The van der Waals surface area contributed by atoms with Crippen LogP contribution in [0.1, 0.15) is 32.6 Å². The monoisotopic (exact) mass is 206 g/mol. The van der Waals surface area contributed by atoms with Crippen LogP contribution in [-0.2, 0) is 4.79 Å². The Morgan fingerprint density at radius 3 is 2.87 bits per heavy atom. The molecule has 0 aromatic rings. The van der Waals surface area contributed by atoms with Crippen LogP contribution in [0.5, 0.6) is 0 Å². The number of allylic oxidation sites excluding steroid dienone is 2. The molecular weight excluding hydrogens is 188 g/mol. The van der Waals surface area contributed by atoms with Crippen LogP contribution < -0.4 is 0 Å². The highest BCUT2D eigenvalue weighted by molar-refractivity contribution is 5.85. The Morgan fingerprint density at radius 2 is 2.33 bits per heavy atom. The number of carboxylic acids is 1. The highest BCUT2D eigenvalue weighted by Crippen LogP contribution is 2.50. The zero-order valence-electron chi connectivity index (χ0n) is 9.20. The van der Waals surface area contributed by atoms with Crippen LogP contribution in [0.4, 0.5) is 0 Å². The lowest BCUT2D eigenvalue weighted by Crippen LogP contribution is -2.14. The fourth-order valence-electron chi connectivity index (χ4n) is 3.19. The van der Waals surface area contributed by atoms with E-state index >= 15 is 0 Å². The van der Waals surface area contributed by atoms with Crippen LogP contribution in [0.25, 0.3) is 0 Å². The second-order valence-corrected chi connectivity index (χ2v) is 4.81. The number of rotatable bonds is 4. The Bertz CT molecular complexity index is 327. The molecule has 2 nitrogen and oxygen atoms in total. The molecule has 0 aliphatic heterocycles. The van der Waals surface area contributed by atoms with Gasteiger partial charge in [-0.1, -0.05) is 25.2 Å². The predicted molar refractivity (Wildman–Crippen MR) is 59.5 cm³/mol. The van der Waals surface area contributed by atoms with Crippen LogP contribution in [0.2, 0.25) is 0 Å². The van der Waals surface area contributed by atoms with Gasteiger partial charge in [-0.2, -0.15) is 0 Å². The van der Waals surface area contributed by atoms with E-state index in [2.05, 4.69) is 19.6 Å². The highest BCUT2D eigenvalue weighted by atomic mass is 16.4. The van der Waals surface area contributed by atoms with Crippen LogP contribution in [0.3, 0.4) is 0 Å². The van der Waals surface area contributed by atoms with E-state index in [-0.39, 0.29) is 0 Å². The summed E-state index contributed by atoms with van der Waals surface area (Å²) in [5.41, 5.74) is 1.93. The van der Waals surface area contributed by atoms with E-state index < -0.39 is 5.97 Å². The molecule has 1 fully saturated rings. The summed E-state index contributed by atoms with van der Waals surface area (Å²) >= 11 is 0. The summed E-state index contributed by atoms with van der Waals surface area (Å²) in [6.45, 7) is 5.82. The maximum atomic E-state index is 10.7. The van der Waals surface area contributed by atoms with Gasteiger partial charge in [0, 0.05) is 5.57 Å². The van der Waals surface area contributed by atoms with Crippen molar-refractivity contribution < 1.29 is 9.90 Å². The van der Waals surface area contributed by atoms with E-state index in [4.69, 9.17) is 5.11 Å². The maximum absolute atomic E-state index is 10.7. The van der Waals surface area contributed by atoms with E-state index in [9.17, 15) is 4.79 Å².